The van der Waals surface area contributed by atoms with Gasteiger partial charge in [-0.05, 0) is 57.0 Å². The van der Waals surface area contributed by atoms with Crippen LogP contribution in [0.5, 0.6) is 5.75 Å². The summed E-state index contributed by atoms with van der Waals surface area (Å²) in [6.07, 6.45) is 1.78. The van der Waals surface area contributed by atoms with Gasteiger partial charge in [0.05, 0.1) is 17.8 Å². The summed E-state index contributed by atoms with van der Waals surface area (Å²) in [6.45, 7) is 8.15. The smallest absolute Gasteiger partial charge is 0.262 e. The number of rotatable bonds is 7. The summed E-state index contributed by atoms with van der Waals surface area (Å²) in [6, 6.07) is 13.7. The summed E-state index contributed by atoms with van der Waals surface area (Å²) < 4.78 is 7.21. The molecule has 6 nitrogen and oxygen atoms in total. The largest absolute Gasteiger partial charge is 0.491 e. The highest BCUT2D eigenvalue weighted by atomic mass is 32.1. The minimum atomic E-state index is -0.160. The molecule has 0 spiro atoms. The van der Waals surface area contributed by atoms with Crippen LogP contribution in [0.15, 0.2) is 59.0 Å². The Kier molecular flexibility index (Phi) is 6.60. The Hall–Kier alpha value is -3.45. The average molecular weight is 462 g/mol. The standard InChI is InChI=1S/C26H27N3O3S/c1-16(2)32-20-9-10-22(18(4)13-20)28-23(30)11-12-29-15-27-25-24(26(29)31)21(14-33-25)19-7-5-17(3)6-8-19/h5-10,13-16H,11-12H2,1-4H3,(H,28,30). The first kappa shape index (κ1) is 22.7. The summed E-state index contributed by atoms with van der Waals surface area (Å²) in [7, 11) is 0. The zero-order valence-electron chi connectivity index (χ0n) is 19.2. The van der Waals surface area contributed by atoms with Crippen LogP contribution in [0.25, 0.3) is 21.3 Å². The zero-order valence-corrected chi connectivity index (χ0v) is 20.0. The van der Waals surface area contributed by atoms with Gasteiger partial charge in [0.2, 0.25) is 5.91 Å². The number of nitrogens with zero attached hydrogens (tertiary/aromatic N) is 2. The second-order valence-electron chi connectivity index (χ2n) is 8.38. The normalized spacial score (nSPS) is 11.2. The highest BCUT2D eigenvalue weighted by Gasteiger charge is 2.14. The van der Waals surface area contributed by atoms with Crippen LogP contribution in [0.3, 0.4) is 0 Å². The minimum absolute atomic E-state index is 0.0869. The molecule has 0 aliphatic heterocycles. The van der Waals surface area contributed by atoms with E-state index in [1.807, 2.05) is 75.5 Å². The number of aryl methyl sites for hydroxylation is 3. The average Bonchev–Trinajstić information content (AvgIpc) is 3.20. The van der Waals surface area contributed by atoms with E-state index in [9.17, 15) is 9.59 Å². The lowest BCUT2D eigenvalue weighted by Crippen LogP contribution is -2.23. The van der Waals surface area contributed by atoms with Crippen molar-refractivity contribution in [2.75, 3.05) is 5.32 Å². The lowest BCUT2D eigenvalue weighted by atomic mass is 10.1. The lowest BCUT2D eigenvalue weighted by molar-refractivity contribution is -0.116. The SMILES string of the molecule is Cc1ccc(-c2csc3ncn(CCC(=O)Nc4ccc(OC(C)C)cc4C)c(=O)c23)cc1. The lowest BCUT2D eigenvalue weighted by Gasteiger charge is -2.13. The molecule has 0 saturated heterocycles. The molecule has 0 fully saturated rings. The van der Waals surface area contributed by atoms with Crippen LogP contribution in [-0.2, 0) is 11.3 Å². The van der Waals surface area contributed by atoms with Gasteiger partial charge in [-0.25, -0.2) is 4.98 Å². The molecule has 33 heavy (non-hydrogen) atoms. The number of nitrogens with one attached hydrogen (secondary N) is 1. The van der Waals surface area contributed by atoms with Crippen molar-refractivity contribution in [1.82, 2.24) is 9.55 Å². The summed E-state index contributed by atoms with van der Waals surface area (Å²) in [5.41, 5.74) is 4.56. The van der Waals surface area contributed by atoms with E-state index in [0.717, 1.165) is 33.7 Å². The molecule has 1 N–H and O–H groups in total. The van der Waals surface area contributed by atoms with Gasteiger partial charge in [-0.2, -0.15) is 0 Å². The molecule has 7 heteroatoms. The maximum Gasteiger partial charge on any atom is 0.262 e. The number of amides is 1. The summed E-state index contributed by atoms with van der Waals surface area (Å²) >= 11 is 1.45. The third kappa shape index (κ3) is 5.14. The fraction of sp³-hybridized carbons (Fsp3) is 0.269. The van der Waals surface area contributed by atoms with E-state index < -0.39 is 0 Å². The predicted octanol–water partition coefficient (Wildman–Crippen LogP) is 5.56. The predicted molar refractivity (Wildman–Crippen MR) is 134 cm³/mol. The van der Waals surface area contributed by atoms with Gasteiger partial charge in [0.25, 0.3) is 5.56 Å². The van der Waals surface area contributed by atoms with Crippen molar-refractivity contribution < 1.29 is 9.53 Å². The highest BCUT2D eigenvalue weighted by Crippen LogP contribution is 2.30. The molecule has 0 aliphatic rings. The van der Waals surface area contributed by atoms with E-state index in [0.29, 0.717) is 10.2 Å². The molecule has 2 heterocycles. The Balaban J connectivity index is 1.49. The van der Waals surface area contributed by atoms with Crippen LogP contribution in [0.1, 0.15) is 31.4 Å². The van der Waals surface area contributed by atoms with Crippen molar-refractivity contribution in [2.45, 2.75) is 46.8 Å². The Morgan fingerprint density at radius 1 is 1.15 bits per heavy atom. The number of hydrogen-bond acceptors (Lipinski definition) is 5. The molecule has 0 radical (unpaired) electrons. The van der Waals surface area contributed by atoms with Gasteiger partial charge in [-0.15, -0.1) is 11.3 Å². The van der Waals surface area contributed by atoms with Crippen molar-refractivity contribution in [2.24, 2.45) is 0 Å². The number of anilines is 1. The molecule has 2 aromatic carbocycles. The van der Waals surface area contributed by atoms with E-state index in [4.69, 9.17) is 4.74 Å². The van der Waals surface area contributed by atoms with Gasteiger partial charge in [-0.1, -0.05) is 29.8 Å². The number of hydrogen-bond donors (Lipinski definition) is 1. The molecule has 4 rings (SSSR count). The third-order valence-corrected chi connectivity index (χ3v) is 6.23. The van der Waals surface area contributed by atoms with Gasteiger partial charge in [-0.3, -0.25) is 14.2 Å². The summed E-state index contributed by atoms with van der Waals surface area (Å²) in [4.78, 5) is 30.9. The third-order valence-electron chi connectivity index (χ3n) is 5.35. The fourth-order valence-corrected chi connectivity index (χ4v) is 4.54. The first-order valence-electron chi connectivity index (χ1n) is 10.9. The van der Waals surface area contributed by atoms with E-state index in [1.54, 1.807) is 0 Å². The Bertz CT molecular complexity index is 1350. The number of aromatic nitrogens is 2. The number of fused-ring (bicyclic) bond motifs is 1. The van der Waals surface area contributed by atoms with Gasteiger partial charge in [0, 0.05) is 29.6 Å². The molecule has 170 valence electrons. The molecular formula is C26H27N3O3S. The quantitative estimate of drug-likeness (QED) is 0.391. The number of carbonyl (C=O) groups excluding carboxylic acids is 1. The molecule has 4 aromatic rings. The number of carbonyl (C=O) groups is 1. The van der Waals surface area contributed by atoms with Gasteiger partial charge in [0.15, 0.2) is 0 Å². The molecule has 0 aliphatic carbocycles. The Morgan fingerprint density at radius 2 is 1.91 bits per heavy atom. The molecular weight excluding hydrogens is 434 g/mol. The van der Waals surface area contributed by atoms with Crippen LogP contribution in [0.4, 0.5) is 5.69 Å². The Morgan fingerprint density at radius 3 is 2.61 bits per heavy atom. The van der Waals surface area contributed by atoms with Gasteiger partial charge < -0.3 is 10.1 Å². The van der Waals surface area contributed by atoms with Gasteiger partial charge in [0.1, 0.15) is 10.6 Å². The fourth-order valence-electron chi connectivity index (χ4n) is 3.63. The van der Waals surface area contributed by atoms with Crippen LogP contribution in [-0.4, -0.2) is 21.6 Å². The zero-order chi connectivity index (χ0) is 23.5. The molecule has 0 atom stereocenters. The number of thiophene rings is 1. The maximum absolute atomic E-state index is 13.2. The number of benzene rings is 2. The van der Waals surface area contributed by atoms with Crippen LogP contribution >= 0.6 is 11.3 Å². The van der Waals surface area contributed by atoms with Crippen molar-refractivity contribution >= 4 is 33.1 Å². The van der Waals surface area contributed by atoms with Gasteiger partial charge >= 0.3 is 0 Å². The van der Waals surface area contributed by atoms with Crippen molar-refractivity contribution in [1.29, 1.82) is 0 Å². The highest BCUT2D eigenvalue weighted by molar-refractivity contribution is 7.17. The second kappa shape index (κ2) is 9.58. The molecule has 2 aromatic heterocycles. The van der Waals surface area contributed by atoms with Crippen LogP contribution < -0.4 is 15.6 Å². The number of ether oxygens (including phenoxy) is 1. The second-order valence-corrected chi connectivity index (χ2v) is 9.24. The van der Waals surface area contributed by atoms with Crippen LogP contribution in [0, 0.1) is 13.8 Å². The molecule has 0 bridgehead atoms. The van der Waals surface area contributed by atoms with Crippen LogP contribution in [0.2, 0.25) is 0 Å². The van der Waals surface area contributed by atoms with Crippen molar-refractivity contribution in [3.8, 4) is 16.9 Å². The maximum atomic E-state index is 13.2. The monoisotopic (exact) mass is 461 g/mol. The first-order valence-corrected chi connectivity index (χ1v) is 11.8. The minimum Gasteiger partial charge on any atom is -0.491 e. The Labute approximate surface area is 196 Å². The summed E-state index contributed by atoms with van der Waals surface area (Å²) in [5, 5.41) is 5.50. The van der Waals surface area contributed by atoms with Crippen molar-refractivity contribution in [3.63, 3.8) is 0 Å². The molecule has 0 unspecified atom stereocenters. The van der Waals surface area contributed by atoms with Crippen molar-refractivity contribution in [3.05, 3.63) is 75.7 Å². The first-order chi connectivity index (χ1) is 15.8. The van der Waals surface area contributed by atoms with E-state index in [-0.39, 0.29) is 30.5 Å². The van der Waals surface area contributed by atoms with E-state index in [1.165, 1.54) is 22.2 Å². The molecule has 0 saturated carbocycles. The molecule has 1 amide bonds. The van der Waals surface area contributed by atoms with E-state index >= 15 is 0 Å². The summed E-state index contributed by atoms with van der Waals surface area (Å²) in [5.74, 6) is 0.610. The topological polar surface area (TPSA) is 73.2 Å². The van der Waals surface area contributed by atoms with E-state index in [2.05, 4.69) is 10.3 Å².